The minimum absolute atomic E-state index is 0.204. The second kappa shape index (κ2) is 4.49. The molecule has 7 heteroatoms. The molecule has 0 atom stereocenters. The van der Waals surface area contributed by atoms with E-state index in [1.807, 2.05) is 0 Å². The van der Waals surface area contributed by atoms with Crippen molar-refractivity contribution < 1.29 is 13.2 Å². The fraction of sp³-hybridized carbons (Fsp3) is 0.0769. The molecular weight excluding hydrogens is 291 g/mol. The molecule has 0 radical (unpaired) electrons. The van der Waals surface area contributed by atoms with Crippen LogP contribution in [-0.2, 0) is 6.18 Å². The van der Waals surface area contributed by atoms with Crippen LogP contribution >= 0.6 is 11.6 Å². The number of nitrogens with zero attached hydrogens (tertiary/aromatic N) is 3. The first-order valence-electron chi connectivity index (χ1n) is 5.62. The highest BCUT2D eigenvalue weighted by Gasteiger charge is 2.30. The molecule has 3 nitrogen and oxygen atoms in total. The third-order valence-electron chi connectivity index (χ3n) is 2.85. The Morgan fingerprint density at radius 1 is 1.10 bits per heavy atom. The zero-order valence-electron chi connectivity index (χ0n) is 9.89. The number of rotatable bonds is 1. The molecule has 3 rings (SSSR count). The fourth-order valence-electron chi connectivity index (χ4n) is 1.86. The van der Waals surface area contributed by atoms with Gasteiger partial charge in [-0.3, -0.25) is 4.40 Å². The van der Waals surface area contributed by atoms with Crippen LogP contribution in [-0.4, -0.2) is 14.4 Å². The molecule has 0 N–H and O–H groups in total. The Balaban J connectivity index is 2.06. The highest BCUT2D eigenvalue weighted by atomic mass is 35.5. The van der Waals surface area contributed by atoms with Gasteiger partial charge in [0.05, 0.1) is 11.3 Å². The third-order valence-corrected chi connectivity index (χ3v) is 3.12. The van der Waals surface area contributed by atoms with Crippen LogP contribution in [0.1, 0.15) is 5.56 Å². The van der Waals surface area contributed by atoms with Gasteiger partial charge in [0.25, 0.3) is 0 Å². The lowest BCUT2D eigenvalue weighted by Crippen LogP contribution is -2.04. The quantitative estimate of drug-likeness (QED) is 0.634. The first kappa shape index (κ1) is 12.9. The largest absolute Gasteiger partial charge is 0.416 e. The number of imidazole rings is 1. The summed E-state index contributed by atoms with van der Waals surface area (Å²) in [6, 6.07) is 6.41. The molecule has 0 spiro atoms. The second-order valence-electron chi connectivity index (χ2n) is 4.14. The molecule has 0 saturated carbocycles. The van der Waals surface area contributed by atoms with Gasteiger partial charge in [0.1, 0.15) is 5.65 Å². The van der Waals surface area contributed by atoms with Crippen molar-refractivity contribution in [2.24, 2.45) is 0 Å². The Morgan fingerprint density at radius 3 is 2.45 bits per heavy atom. The number of alkyl halides is 3. The molecule has 0 fully saturated rings. The smallest absolute Gasteiger partial charge is 0.274 e. The maximum atomic E-state index is 12.5. The van der Waals surface area contributed by atoms with Gasteiger partial charge in [-0.1, -0.05) is 12.1 Å². The van der Waals surface area contributed by atoms with Crippen LogP contribution in [0.25, 0.3) is 16.9 Å². The Morgan fingerprint density at radius 2 is 1.80 bits per heavy atom. The standard InChI is InChI=1S/C13H7ClF3N3/c14-12-19-10(7-11-18-5-6-20(11)12)8-1-3-9(4-2-8)13(15,16)17/h1-7H. The van der Waals surface area contributed by atoms with E-state index >= 15 is 0 Å². The number of halogens is 4. The van der Waals surface area contributed by atoms with Crippen molar-refractivity contribution in [1.29, 1.82) is 0 Å². The van der Waals surface area contributed by atoms with Crippen LogP contribution in [0.5, 0.6) is 0 Å². The molecule has 0 aliphatic carbocycles. The average molecular weight is 298 g/mol. The second-order valence-corrected chi connectivity index (χ2v) is 4.48. The van der Waals surface area contributed by atoms with E-state index in [9.17, 15) is 13.2 Å². The molecule has 1 aromatic carbocycles. The Kier molecular flexibility index (Phi) is 2.90. The first-order chi connectivity index (χ1) is 9.45. The summed E-state index contributed by atoms with van der Waals surface area (Å²) in [5.41, 5.74) is 0.905. The van der Waals surface area contributed by atoms with E-state index in [2.05, 4.69) is 9.97 Å². The maximum absolute atomic E-state index is 12.5. The molecule has 0 bridgehead atoms. The van der Waals surface area contributed by atoms with E-state index in [4.69, 9.17) is 11.6 Å². The van der Waals surface area contributed by atoms with E-state index < -0.39 is 11.7 Å². The molecule has 3 aromatic rings. The van der Waals surface area contributed by atoms with Gasteiger partial charge in [-0.15, -0.1) is 0 Å². The number of fused-ring (bicyclic) bond motifs is 1. The minimum atomic E-state index is -4.35. The number of aromatic nitrogens is 3. The normalized spacial score (nSPS) is 12.0. The molecule has 2 aromatic heterocycles. The number of hydrogen-bond acceptors (Lipinski definition) is 2. The molecule has 20 heavy (non-hydrogen) atoms. The predicted octanol–water partition coefficient (Wildman–Crippen LogP) is 4.07. The van der Waals surface area contributed by atoms with Gasteiger partial charge in [-0.25, -0.2) is 9.97 Å². The zero-order valence-corrected chi connectivity index (χ0v) is 10.7. The highest BCUT2D eigenvalue weighted by molar-refractivity contribution is 6.28. The molecule has 0 aliphatic rings. The summed E-state index contributed by atoms with van der Waals surface area (Å²) >= 11 is 5.99. The molecule has 102 valence electrons. The van der Waals surface area contributed by atoms with Crippen molar-refractivity contribution in [2.45, 2.75) is 6.18 Å². The van der Waals surface area contributed by atoms with E-state index in [0.29, 0.717) is 16.9 Å². The summed E-state index contributed by atoms with van der Waals surface area (Å²) in [7, 11) is 0. The van der Waals surface area contributed by atoms with Gasteiger partial charge in [0, 0.05) is 24.0 Å². The minimum Gasteiger partial charge on any atom is -0.274 e. The zero-order chi connectivity index (χ0) is 14.3. The predicted molar refractivity (Wildman–Crippen MR) is 68.4 cm³/mol. The molecule has 2 heterocycles. The van der Waals surface area contributed by atoms with E-state index in [1.165, 1.54) is 12.1 Å². The topological polar surface area (TPSA) is 30.2 Å². The lowest BCUT2D eigenvalue weighted by Gasteiger charge is -2.08. The Bertz CT molecular complexity index is 763. The summed E-state index contributed by atoms with van der Waals surface area (Å²) in [5, 5.41) is 0.204. The first-order valence-corrected chi connectivity index (χ1v) is 6.00. The third kappa shape index (κ3) is 2.22. The van der Waals surface area contributed by atoms with Crippen LogP contribution in [0, 0.1) is 0 Å². The average Bonchev–Trinajstić information content (AvgIpc) is 2.86. The van der Waals surface area contributed by atoms with Gasteiger partial charge in [0.15, 0.2) is 0 Å². The van der Waals surface area contributed by atoms with Gasteiger partial charge >= 0.3 is 6.18 Å². The molecular formula is C13H7ClF3N3. The Labute approximate surface area is 116 Å². The fourth-order valence-corrected chi connectivity index (χ4v) is 2.10. The lowest BCUT2D eigenvalue weighted by molar-refractivity contribution is -0.137. The van der Waals surface area contributed by atoms with E-state index in [0.717, 1.165) is 12.1 Å². The monoisotopic (exact) mass is 297 g/mol. The van der Waals surface area contributed by atoms with Crippen LogP contribution < -0.4 is 0 Å². The Hall–Kier alpha value is -2.08. The summed E-state index contributed by atoms with van der Waals surface area (Å²) in [4.78, 5) is 8.22. The van der Waals surface area contributed by atoms with Crippen molar-refractivity contribution in [3.63, 3.8) is 0 Å². The lowest BCUT2D eigenvalue weighted by atomic mass is 10.1. The number of benzene rings is 1. The van der Waals surface area contributed by atoms with Gasteiger partial charge in [0.2, 0.25) is 5.28 Å². The molecule has 0 unspecified atom stereocenters. The molecule has 0 amide bonds. The van der Waals surface area contributed by atoms with Crippen LogP contribution in [0.15, 0.2) is 42.7 Å². The van der Waals surface area contributed by atoms with Crippen molar-refractivity contribution in [1.82, 2.24) is 14.4 Å². The summed E-state index contributed by atoms with van der Waals surface area (Å²) in [5.74, 6) is 0. The maximum Gasteiger partial charge on any atom is 0.416 e. The van der Waals surface area contributed by atoms with Crippen LogP contribution in [0.4, 0.5) is 13.2 Å². The van der Waals surface area contributed by atoms with Crippen molar-refractivity contribution in [3.05, 3.63) is 53.6 Å². The molecule has 0 saturated heterocycles. The SMILES string of the molecule is FC(F)(F)c1ccc(-c2cc3nccn3c(Cl)n2)cc1. The van der Waals surface area contributed by atoms with E-state index in [1.54, 1.807) is 22.9 Å². The van der Waals surface area contributed by atoms with Gasteiger partial charge in [-0.05, 0) is 23.7 Å². The number of hydrogen-bond donors (Lipinski definition) is 0. The summed E-state index contributed by atoms with van der Waals surface area (Å²) in [6.45, 7) is 0. The van der Waals surface area contributed by atoms with Gasteiger partial charge < -0.3 is 0 Å². The van der Waals surface area contributed by atoms with Crippen molar-refractivity contribution in [3.8, 4) is 11.3 Å². The van der Waals surface area contributed by atoms with Crippen molar-refractivity contribution >= 4 is 17.2 Å². The van der Waals surface area contributed by atoms with Crippen LogP contribution in [0.3, 0.4) is 0 Å². The highest BCUT2D eigenvalue weighted by Crippen LogP contribution is 2.31. The van der Waals surface area contributed by atoms with E-state index in [-0.39, 0.29) is 5.28 Å². The molecule has 0 aliphatic heterocycles. The summed E-state index contributed by atoms with van der Waals surface area (Å²) in [6.07, 6.45) is -1.13. The van der Waals surface area contributed by atoms with Crippen LogP contribution in [0.2, 0.25) is 5.28 Å². The van der Waals surface area contributed by atoms with Crippen molar-refractivity contribution in [2.75, 3.05) is 0 Å². The summed E-state index contributed by atoms with van der Waals surface area (Å²) < 4.78 is 39.1. The van der Waals surface area contributed by atoms with Gasteiger partial charge in [-0.2, -0.15) is 13.2 Å².